The molecule has 0 atom stereocenters. The van der Waals surface area contributed by atoms with Crippen LogP contribution in [0.2, 0.25) is 0 Å². The van der Waals surface area contributed by atoms with E-state index >= 15 is 0 Å². The zero-order chi connectivity index (χ0) is 25.9. The Balaban J connectivity index is 1.69. The van der Waals surface area contributed by atoms with Crippen LogP contribution in [0.5, 0.6) is 0 Å². The summed E-state index contributed by atoms with van der Waals surface area (Å²) in [5.41, 5.74) is -0.550. The lowest BCUT2D eigenvalue weighted by atomic mass is 10.1. The molecule has 0 heterocycles. The molecule has 0 radical (unpaired) electrons. The van der Waals surface area contributed by atoms with E-state index in [1.54, 1.807) is 0 Å². The third-order valence-corrected chi connectivity index (χ3v) is 7.27. The van der Waals surface area contributed by atoms with Gasteiger partial charge in [-0.2, -0.15) is 13.2 Å². The Morgan fingerprint density at radius 2 is 1.49 bits per heavy atom. The van der Waals surface area contributed by atoms with E-state index in [1.165, 1.54) is 49.6 Å². The molecule has 0 saturated heterocycles. The lowest BCUT2D eigenvalue weighted by molar-refractivity contribution is -0.137. The Morgan fingerprint density at radius 1 is 0.857 bits per heavy atom. The van der Waals surface area contributed by atoms with E-state index in [4.69, 9.17) is 0 Å². The van der Waals surface area contributed by atoms with Gasteiger partial charge in [0.1, 0.15) is 0 Å². The van der Waals surface area contributed by atoms with Crippen LogP contribution in [0.1, 0.15) is 21.5 Å². The van der Waals surface area contributed by atoms with Crippen molar-refractivity contribution in [3.05, 3.63) is 89.5 Å². The third-order valence-electron chi connectivity index (χ3n) is 4.61. The van der Waals surface area contributed by atoms with Crippen molar-refractivity contribution in [2.75, 3.05) is 16.6 Å². The Hall–Kier alpha value is -3.58. The first kappa shape index (κ1) is 26.0. The standard InChI is InChI=1S/C22H19F3N2O6S2/c1-33-21(28)16-7-5-15(6-8-16)14-34(29,30)26-18-9-11-20(12-10-18)35(31,32)27-19-4-2-3-17(13-19)22(23,24)25/h2-13,26-27H,14H2,1H3. The molecule has 0 aromatic heterocycles. The van der Waals surface area contributed by atoms with Gasteiger partial charge in [0, 0.05) is 11.4 Å². The SMILES string of the molecule is COC(=O)c1ccc(CS(=O)(=O)Nc2ccc(S(=O)(=O)Nc3cccc(C(F)(F)F)c3)cc2)cc1. The second-order valence-electron chi connectivity index (χ2n) is 7.26. The second-order valence-corrected chi connectivity index (χ2v) is 10.7. The van der Waals surface area contributed by atoms with Gasteiger partial charge in [0.15, 0.2) is 0 Å². The number of alkyl halides is 3. The molecule has 0 fully saturated rings. The second kappa shape index (κ2) is 9.96. The molecule has 3 aromatic carbocycles. The maximum absolute atomic E-state index is 12.9. The van der Waals surface area contributed by atoms with Gasteiger partial charge in [0.05, 0.1) is 28.9 Å². The maximum Gasteiger partial charge on any atom is 0.416 e. The summed E-state index contributed by atoms with van der Waals surface area (Å²) < 4.78 is 97.5. The van der Waals surface area contributed by atoms with E-state index in [0.29, 0.717) is 11.6 Å². The van der Waals surface area contributed by atoms with E-state index in [0.717, 1.165) is 24.3 Å². The number of benzene rings is 3. The van der Waals surface area contributed by atoms with Crippen LogP contribution >= 0.6 is 0 Å². The summed E-state index contributed by atoms with van der Waals surface area (Å²) in [5.74, 6) is -0.971. The molecule has 13 heteroatoms. The summed E-state index contributed by atoms with van der Waals surface area (Å²) in [5, 5.41) is 0. The monoisotopic (exact) mass is 528 g/mol. The predicted molar refractivity (Wildman–Crippen MR) is 123 cm³/mol. The van der Waals surface area contributed by atoms with Crippen LogP contribution in [0.25, 0.3) is 0 Å². The first-order valence-corrected chi connectivity index (χ1v) is 12.9. The number of sulfonamides is 2. The van der Waals surface area contributed by atoms with Crippen molar-refractivity contribution in [2.45, 2.75) is 16.8 Å². The summed E-state index contributed by atoms with van der Waals surface area (Å²) in [6.07, 6.45) is -4.64. The fourth-order valence-corrected chi connectivity index (χ4v) is 5.21. The van der Waals surface area contributed by atoms with Crippen molar-refractivity contribution in [3.63, 3.8) is 0 Å². The Morgan fingerprint density at radius 3 is 2.06 bits per heavy atom. The van der Waals surface area contributed by atoms with E-state index in [2.05, 4.69) is 14.2 Å². The lowest BCUT2D eigenvalue weighted by Gasteiger charge is -2.12. The smallest absolute Gasteiger partial charge is 0.416 e. The van der Waals surface area contributed by atoms with Crippen molar-refractivity contribution < 1.29 is 39.5 Å². The number of hydrogen-bond acceptors (Lipinski definition) is 6. The van der Waals surface area contributed by atoms with Gasteiger partial charge in [0.25, 0.3) is 10.0 Å². The van der Waals surface area contributed by atoms with Crippen molar-refractivity contribution >= 4 is 37.4 Å². The van der Waals surface area contributed by atoms with E-state index in [1.807, 2.05) is 0 Å². The van der Waals surface area contributed by atoms with Gasteiger partial charge in [-0.3, -0.25) is 9.44 Å². The Labute approximate surface area is 199 Å². The molecule has 3 aromatic rings. The summed E-state index contributed by atoms with van der Waals surface area (Å²) in [6.45, 7) is 0. The molecule has 0 bridgehead atoms. The van der Waals surface area contributed by atoms with Crippen LogP contribution in [-0.2, 0) is 36.7 Å². The number of rotatable bonds is 8. The van der Waals surface area contributed by atoms with Crippen LogP contribution in [0.4, 0.5) is 24.5 Å². The molecule has 0 unspecified atom stereocenters. The van der Waals surface area contributed by atoms with Crippen LogP contribution < -0.4 is 9.44 Å². The third kappa shape index (κ3) is 6.96. The van der Waals surface area contributed by atoms with Crippen molar-refractivity contribution in [2.24, 2.45) is 0 Å². The summed E-state index contributed by atoms with van der Waals surface area (Å²) in [7, 11) is -6.89. The summed E-state index contributed by atoms with van der Waals surface area (Å²) in [6, 6.07) is 14.1. The molecule has 0 saturated carbocycles. The summed E-state index contributed by atoms with van der Waals surface area (Å²) >= 11 is 0. The van der Waals surface area contributed by atoms with Gasteiger partial charge in [0.2, 0.25) is 10.0 Å². The van der Waals surface area contributed by atoms with Crippen LogP contribution in [0.15, 0.2) is 77.7 Å². The van der Waals surface area contributed by atoms with Gasteiger partial charge < -0.3 is 4.74 Å². The number of anilines is 2. The van der Waals surface area contributed by atoms with Gasteiger partial charge in [-0.25, -0.2) is 21.6 Å². The lowest BCUT2D eigenvalue weighted by Crippen LogP contribution is -2.16. The fraction of sp³-hybridized carbons (Fsp3) is 0.136. The largest absolute Gasteiger partial charge is 0.465 e. The molecule has 8 nitrogen and oxygen atoms in total. The van der Waals surface area contributed by atoms with Gasteiger partial charge >= 0.3 is 12.1 Å². The van der Waals surface area contributed by atoms with Gasteiger partial charge in [-0.1, -0.05) is 18.2 Å². The highest BCUT2D eigenvalue weighted by atomic mass is 32.2. The highest BCUT2D eigenvalue weighted by Gasteiger charge is 2.30. The van der Waals surface area contributed by atoms with E-state index in [-0.39, 0.29) is 21.8 Å². The van der Waals surface area contributed by atoms with Crippen molar-refractivity contribution in [1.29, 1.82) is 0 Å². The average Bonchev–Trinajstić information content (AvgIpc) is 2.78. The number of carbonyl (C=O) groups is 1. The predicted octanol–water partition coefficient (Wildman–Crippen LogP) is 4.23. The summed E-state index contributed by atoms with van der Waals surface area (Å²) in [4.78, 5) is 11.2. The maximum atomic E-state index is 12.9. The molecule has 0 aliphatic heterocycles. The minimum absolute atomic E-state index is 0.0780. The molecule has 0 spiro atoms. The number of halogens is 3. The van der Waals surface area contributed by atoms with Crippen LogP contribution in [0, 0.1) is 0 Å². The molecule has 0 aliphatic rings. The van der Waals surface area contributed by atoms with E-state index in [9.17, 15) is 34.8 Å². The highest BCUT2D eigenvalue weighted by molar-refractivity contribution is 7.92. The van der Waals surface area contributed by atoms with Crippen molar-refractivity contribution in [3.8, 4) is 0 Å². The number of nitrogens with one attached hydrogen (secondary N) is 2. The van der Waals surface area contributed by atoms with Crippen LogP contribution in [0.3, 0.4) is 0 Å². The number of esters is 1. The molecule has 2 N–H and O–H groups in total. The molecule has 186 valence electrons. The van der Waals surface area contributed by atoms with Crippen molar-refractivity contribution in [1.82, 2.24) is 0 Å². The number of carbonyl (C=O) groups excluding carboxylic acids is 1. The first-order chi connectivity index (χ1) is 16.3. The molecule has 35 heavy (non-hydrogen) atoms. The topological polar surface area (TPSA) is 119 Å². The molecular weight excluding hydrogens is 509 g/mol. The molecule has 3 rings (SSSR count). The number of methoxy groups -OCH3 is 1. The quantitative estimate of drug-likeness (QED) is 0.423. The zero-order valence-corrected chi connectivity index (χ0v) is 19.7. The number of hydrogen-bond donors (Lipinski definition) is 2. The minimum atomic E-state index is -4.64. The first-order valence-electron chi connectivity index (χ1n) is 9.77. The average molecular weight is 529 g/mol. The normalized spacial score (nSPS) is 12.1. The number of ether oxygens (including phenoxy) is 1. The zero-order valence-electron chi connectivity index (χ0n) is 18.0. The van der Waals surface area contributed by atoms with Gasteiger partial charge in [-0.15, -0.1) is 0 Å². The Bertz CT molecular complexity index is 1420. The Kier molecular flexibility index (Phi) is 7.41. The highest BCUT2D eigenvalue weighted by Crippen LogP contribution is 2.31. The molecule has 0 aliphatic carbocycles. The fourth-order valence-electron chi connectivity index (χ4n) is 2.97. The molecule has 0 amide bonds. The van der Waals surface area contributed by atoms with Crippen LogP contribution in [-0.4, -0.2) is 29.9 Å². The molecular formula is C22H19F3N2O6S2. The van der Waals surface area contributed by atoms with E-state index < -0.39 is 43.5 Å². The minimum Gasteiger partial charge on any atom is -0.465 e. The van der Waals surface area contributed by atoms with Gasteiger partial charge in [-0.05, 0) is 60.2 Å².